The van der Waals surface area contributed by atoms with Crippen molar-refractivity contribution in [3.05, 3.63) is 64.7 Å². The number of anilines is 1. The summed E-state index contributed by atoms with van der Waals surface area (Å²) < 4.78 is 0. The van der Waals surface area contributed by atoms with Crippen LogP contribution in [0.3, 0.4) is 0 Å². The van der Waals surface area contributed by atoms with Crippen molar-refractivity contribution in [3.63, 3.8) is 0 Å². The predicted molar refractivity (Wildman–Crippen MR) is 81.6 cm³/mol. The Morgan fingerprint density at radius 2 is 1.84 bits per heavy atom. The van der Waals surface area contributed by atoms with Gasteiger partial charge in [0, 0.05) is 29.9 Å². The lowest BCUT2D eigenvalue weighted by Gasteiger charge is -2.11. The molecule has 2 aromatic carbocycles. The van der Waals surface area contributed by atoms with E-state index in [9.17, 15) is 0 Å². The molecular weight excluding hydrogens is 258 g/mol. The third-order valence-electron chi connectivity index (χ3n) is 2.81. The first kappa shape index (κ1) is 13.4. The molecule has 0 radical (unpaired) electrons. The van der Waals surface area contributed by atoms with Crippen molar-refractivity contribution in [3.8, 4) is 0 Å². The smallest absolute Gasteiger partial charge is 0.130 e. The molecule has 0 unspecified atom stereocenters. The fourth-order valence-electron chi connectivity index (χ4n) is 1.80. The zero-order valence-corrected chi connectivity index (χ0v) is 11.5. The minimum absolute atomic E-state index is 0.679. The molecule has 0 bridgehead atoms. The van der Waals surface area contributed by atoms with E-state index in [1.165, 1.54) is 0 Å². The maximum absolute atomic E-state index is 5.95. The fourth-order valence-corrected chi connectivity index (χ4v) is 1.92. The molecule has 0 spiro atoms. The second-order valence-corrected chi connectivity index (χ2v) is 4.58. The van der Waals surface area contributed by atoms with Crippen LogP contribution in [0.25, 0.3) is 0 Å². The van der Waals surface area contributed by atoms with Gasteiger partial charge in [-0.2, -0.15) is 0 Å². The molecule has 0 fully saturated rings. The molecule has 98 valence electrons. The van der Waals surface area contributed by atoms with E-state index >= 15 is 0 Å². The first-order valence-electron chi connectivity index (χ1n) is 6.00. The Labute approximate surface area is 118 Å². The number of halogens is 1. The lowest BCUT2D eigenvalue weighted by atomic mass is 10.1. The zero-order valence-electron chi connectivity index (χ0n) is 10.7. The highest BCUT2D eigenvalue weighted by atomic mass is 35.5. The number of nitrogens with two attached hydrogens (primary N) is 1. The Bertz CT molecular complexity index is 576. The summed E-state index contributed by atoms with van der Waals surface area (Å²) in [5, 5.41) is 4.03. The summed E-state index contributed by atoms with van der Waals surface area (Å²) in [5.74, 6) is 0.785. The standard InChI is InChI=1S/C15H16ClN3/c1-18-15(13-4-2-3-5-14(13)17)19-10-11-6-8-12(16)9-7-11/h2-9H,10,17H2,1H3,(H,18,19). The van der Waals surface area contributed by atoms with Crippen LogP contribution in [0.1, 0.15) is 11.1 Å². The van der Waals surface area contributed by atoms with E-state index in [0.29, 0.717) is 12.2 Å². The van der Waals surface area contributed by atoms with E-state index in [-0.39, 0.29) is 0 Å². The number of nitrogens with zero attached hydrogens (tertiary/aromatic N) is 1. The van der Waals surface area contributed by atoms with E-state index in [0.717, 1.165) is 22.0 Å². The number of nitrogens with one attached hydrogen (secondary N) is 1. The molecule has 0 atom stereocenters. The molecule has 0 aliphatic carbocycles. The van der Waals surface area contributed by atoms with Gasteiger partial charge in [-0.25, -0.2) is 0 Å². The molecule has 19 heavy (non-hydrogen) atoms. The number of amidine groups is 1. The number of nitrogen functional groups attached to an aromatic ring is 1. The van der Waals surface area contributed by atoms with Gasteiger partial charge in [-0.3, -0.25) is 4.99 Å². The van der Waals surface area contributed by atoms with Crippen molar-refractivity contribution < 1.29 is 0 Å². The molecule has 4 heteroatoms. The lowest BCUT2D eigenvalue weighted by Crippen LogP contribution is -2.24. The van der Waals surface area contributed by atoms with E-state index in [1.54, 1.807) is 7.05 Å². The van der Waals surface area contributed by atoms with E-state index < -0.39 is 0 Å². The predicted octanol–water partition coefficient (Wildman–Crippen LogP) is 3.09. The van der Waals surface area contributed by atoms with Gasteiger partial charge in [0.2, 0.25) is 0 Å². The van der Waals surface area contributed by atoms with Gasteiger partial charge < -0.3 is 11.1 Å². The Hall–Kier alpha value is -2.00. The van der Waals surface area contributed by atoms with Crippen LogP contribution in [-0.4, -0.2) is 12.9 Å². The first-order chi connectivity index (χ1) is 9.20. The van der Waals surface area contributed by atoms with Gasteiger partial charge >= 0.3 is 0 Å². The molecular formula is C15H16ClN3. The highest BCUT2D eigenvalue weighted by molar-refractivity contribution is 6.30. The summed E-state index contributed by atoms with van der Waals surface area (Å²) in [5.41, 5.74) is 8.72. The van der Waals surface area contributed by atoms with Crippen LogP contribution < -0.4 is 11.1 Å². The van der Waals surface area contributed by atoms with Gasteiger partial charge in [-0.1, -0.05) is 35.9 Å². The average molecular weight is 274 g/mol. The molecule has 0 amide bonds. The molecule has 0 aliphatic rings. The lowest BCUT2D eigenvalue weighted by molar-refractivity contribution is 0.912. The maximum atomic E-state index is 5.95. The van der Waals surface area contributed by atoms with Crippen molar-refractivity contribution in [2.24, 2.45) is 4.99 Å². The van der Waals surface area contributed by atoms with E-state index in [1.807, 2.05) is 48.5 Å². The normalized spacial score (nSPS) is 11.4. The maximum Gasteiger partial charge on any atom is 0.130 e. The molecule has 0 saturated heterocycles. The summed E-state index contributed by atoms with van der Waals surface area (Å²) in [6, 6.07) is 15.4. The van der Waals surface area contributed by atoms with E-state index in [4.69, 9.17) is 17.3 Å². The molecule has 0 heterocycles. The number of para-hydroxylation sites is 1. The SMILES string of the molecule is CN=C(NCc1ccc(Cl)cc1)c1ccccc1N. The summed E-state index contributed by atoms with van der Waals surface area (Å²) in [7, 11) is 1.75. The molecule has 0 saturated carbocycles. The molecule has 3 nitrogen and oxygen atoms in total. The topological polar surface area (TPSA) is 50.4 Å². The third-order valence-corrected chi connectivity index (χ3v) is 3.06. The molecule has 0 aliphatic heterocycles. The summed E-state index contributed by atoms with van der Waals surface area (Å²) >= 11 is 5.86. The highest BCUT2D eigenvalue weighted by Crippen LogP contribution is 2.12. The molecule has 0 aromatic heterocycles. The fraction of sp³-hybridized carbons (Fsp3) is 0.133. The summed E-state index contributed by atoms with van der Waals surface area (Å²) in [6.45, 7) is 0.679. The van der Waals surface area contributed by atoms with Crippen LogP contribution in [-0.2, 0) is 6.54 Å². The van der Waals surface area contributed by atoms with Crippen molar-refractivity contribution in [2.75, 3.05) is 12.8 Å². The van der Waals surface area contributed by atoms with Crippen LogP contribution in [0.4, 0.5) is 5.69 Å². The van der Waals surface area contributed by atoms with Crippen molar-refractivity contribution in [2.45, 2.75) is 6.54 Å². The van der Waals surface area contributed by atoms with Crippen LogP contribution in [0.5, 0.6) is 0 Å². The Balaban J connectivity index is 2.09. The Kier molecular flexibility index (Phi) is 4.42. The Morgan fingerprint density at radius 3 is 2.47 bits per heavy atom. The minimum Gasteiger partial charge on any atom is -0.398 e. The quantitative estimate of drug-likeness (QED) is 0.513. The molecule has 3 N–H and O–H groups in total. The average Bonchev–Trinajstić information content (AvgIpc) is 2.43. The number of rotatable bonds is 3. The number of hydrogen-bond donors (Lipinski definition) is 2. The largest absolute Gasteiger partial charge is 0.398 e. The second-order valence-electron chi connectivity index (χ2n) is 4.14. The van der Waals surface area contributed by atoms with Crippen molar-refractivity contribution in [1.82, 2.24) is 5.32 Å². The third kappa shape index (κ3) is 3.48. The number of aliphatic imine (C=N–C) groups is 1. The van der Waals surface area contributed by atoms with Gasteiger partial charge in [-0.15, -0.1) is 0 Å². The van der Waals surface area contributed by atoms with Crippen molar-refractivity contribution >= 4 is 23.1 Å². The van der Waals surface area contributed by atoms with Crippen molar-refractivity contribution in [1.29, 1.82) is 0 Å². The Morgan fingerprint density at radius 1 is 1.16 bits per heavy atom. The zero-order chi connectivity index (χ0) is 13.7. The van der Waals surface area contributed by atoms with Crippen LogP contribution >= 0.6 is 11.6 Å². The highest BCUT2D eigenvalue weighted by Gasteiger charge is 2.05. The van der Waals surface area contributed by atoms with Gasteiger partial charge in [0.1, 0.15) is 5.84 Å². The van der Waals surface area contributed by atoms with E-state index in [2.05, 4.69) is 10.3 Å². The number of benzene rings is 2. The van der Waals surface area contributed by atoms with Gasteiger partial charge in [0.15, 0.2) is 0 Å². The van der Waals surface area contributed by atoms with Gasteiger partial charge in [0.25, 0.3) is 0 Å². The van der Waals surface area contributed by atoms with Crippen LogP contribution in [0, 0.1) is 0 Å². The summed E-state index contributed by atoms with van der Waals surface area (Å²) in [6.07, 6.45) is 0. The second kappa shape index (κ2) is 6.25. The minimum atomic E-state index is 0.679. The molecule has 2 aromatic rings. The monoisotopic (exact) mass is 273 g/mol. The first-order valence-corrected chi connectivity index (χ1v) is 6.38. The number of hydrogen-bond acceptors (Lipinski definition) is 2. The summed E-state index contributed by atoms with van der Waals surface area (Å²) in [4.78, 5) is 4.25. The van der Waals surface area contributed by atoms with Gasteiger partial charge in [0.05, 0.1) is 0 Å². The van der Waals surface area contributed by atoms with Crippen LogP contribution in [0.2, 0.25) is 5.02 Å². The van der Waals surface area contributed by atoms with Crippen LogP contribution in [0.15, 0.2) is 53.5 Å². The van der Waals surface area contributed by atoms with Gasteiger partial charge in [-0.05, 0) is 29.8 Å². The molecule has 2 rings (SSSR count).